The molecule has 3 aromatic carbocycles. The summed E-state index contributed by atoms with van der Waals surface area (Å²) in [5.74, 6) is -0.0213. The van der Waals surface area contributed by atoms with Gasteiger partial charge >= 0.3 is 0 Å². The van der Waals surface area contributed by atoms with Crippen LogP contribution in [-0.2, 0) is 38.8 Å². The van der Waals surface area contributed by atoms with Crippen LogP contribution in [0.25, 0.3) is 0 Å². The van der Waals surface area contributed by atoms with Gasteiger partial charge < -0.3 is 19.1 Å². The number of nitrogens with zero attached hydrogens (tertiary/aromatic N) is 1. The Morgan fingerprint density at radius 3 is 1.71 bits per heavy atom. The lowest BCUT2D eigenvalue weighted by atomic mass is 9.99. The predicted octanol–water partition coefficient (Wildman–Crippen LogP) is 5.38. The van der Waals surface area contributed by atoms with E-state index in [2.05, 4.69) is 6.92 Å². The first-order chi connectivity index (χ1) is 17.2. The molecule has 1 amide bonds. The lowest BCUT2D eigenvalue weighted by Gasteiger charge is -2.42. The van der Waals surface area contributed by atoms with Gasteiger partial charge in [0.15, 0.2) is 6.10 Å². The van der Waals surface area contributed by atoms with Crippen LogP contribution in [0.1, 0.15) is 36.5 Å². The predicted molar refractivity (Wildman–Crippen MR) is 137 cm³/mol. The van der Waals surface area contributed by atoms with E-state index in [1.165, 1.54) is 0 Å². The molecule has 3 aromatic rings. The summed E-state index contributed by atoms with van der Waals surface area (Å²) in [5.41, 5.74) is 3.17. The zero-order valence-corrected chi connectivity index (χ0v) is 20.4. The second-order valence-corrected chi connectivity index (χ2v) is 8.95. The molecule has 0 aliphatic carbocycles. The topological polar surface area (TPSA) is 48.0 Å². The SMILES string of the molecule is CCCCN1C[C@H](OCc2ccccc2)[C@@H](OCc2ccccc2)[C@H](OCc2ccccc2)C1=O. The maximum absolute atomic E-state index is 13.6. The summed E-state index contributed by atoms with van der Waals surface area (Å²) in [5, 5.41) is 0. The summed E-state index contributed by atoms with van der Waals surface area (Å²) >= 11 is 0. The summed E-state index contributed by atoms with van der Waals surface area (Å²) in [7, 11) is 0. The molecular formula is C30H35NO4. The smallest absolute Gasteiger partial charge is 0.254 e. The average Bonchev–Trinajstić information content (AvgIpc) is 2.91. The first-order valence-electron chi connectivity index (χ1n) is 12.5. The third kappa shape index (κ3) is 7.25. The van der Waals surface area contributed by atoms with E-state index >= 15 is 0 Å². The fraction of sp³-hybridized carbons (Fsp3) is 0.367. The first kappa shape index (κ1) is 25.1. The molecule has 0 aromatic heterocycles. The number of amides is 1. The van der Waals surface area contributed by atoms with Crippen LogP contribution in [0.15, 0.2) is 91.0 Å². The number of hydrogen-bond acceptors (Lipinski definition) is 4. The number of benzene rings is 3. The van der Waals surface area contributed by atoms with E-state index in [-0.39, 0.29) is 12.0 Å². The molecule has 4 rings (SSSR count). The average molecular weight is 474 g/mol. The number of carbonyl (C=O) groups excluding carboxylic acids is 1. The summed E-state index contributed by atoms with van der Waals surface area (Å²) in [6.07, 6.45) is 0.425. The third-order valence-electron chi connectivity index (χ3n) is 6.27. The van der Waals surface area contributed by atoms with Gasteiger partial charge in [0.1, 0.15) is 12.2 Å². The molecule has 0 unspecified atom stereocenters. The number of hydrogen-bond donors (Lipinski definition) is 0. The Morgan fingerprint density at radius 1 is 0.714 bits per heavy atom. The normalized spacial score (nSPS) is 20.2. The van der Waals surface area contributed by atoms with Gasteiger partial charge in [-0.1, -0.05) is 104 Å². The Hall–Kier alpha value is -2.99. The highest BCUT2D eigenvalue weighted by Crippen LogP contribution is 2.25. The Morgan fingerprint density at radius 2 is 1.20 bits per heavy atom. The summed E-state index contributed by atoms with van der Waals surface area (Å²) in [6.45, 7) is 4.51. The third-order valence-corrected chi connectivity index (χ3v) is 6.27. The number of rotatable bonds is 12. The number of likely N-dealkylation sites (tertiary alicyclic amines) is 1. The molecule has 1 aliphatic rings. The number of carbonyl (C=O) groups is 1. The molecule has 1 heterocycles. The molecule has 1 saturated heterocycles. The zero-order chi connectivity index (χ0) is 24.3. The maximum atomic E-state index is 13.6. The molecule has 0 saturated carbocycles. The highest BCUT2D eigenvalue weighted by Gasteiger charge is 2.45. The van der Waals surface area contributed by atoms with Gasteiger partial charge in [-0.15, -0.1) is 0 Å². The van der Waals surface area contributed by atoms with Gasteiger partial charge in [0.05, 0.1) is 19.8 Å². The van der Waals surface area contributed by atoms with Crippen molar-refractivity contribution >= 4 is 5.91 Å². The minimum absolute atomic E-state index is 0.0213. The molecule has 0 spiro atoms. The van der Waals surface area contributed by atoms with E-state index in [4.69, 9.17) is 14.2 Å². The standard InChI is InChI=1S/C30H35NO4/c1-2-3-19-31-20-27(33-21-24-13-7-4-8-14-24)28(34-22-25-15-9-5-10-16-25)29(30(31)32)35-23-26-17-11-6-12-18-26/h4-18,27-29H,2-3,19-23H2,1H3/t27-,28+,29-/m0/s1. The van der Waals surface area contributed by atoms with Gasteiger partial charge in [0.25, 0.3) is 5.91 Å². The van der Waals surface area contributed by atoms with Crippen LogP contribution < -0.4 is 0 Å². The second kappa shape index (κ2) is 13.2. The molecule has 0 radical (unpaired) electrons. The highest BCUT2D eigenvalue weighted by molar-refractivity contribution is 5.82. The van der Waals surface area contributed by atoms with Crippen molar-refractivity contribution in [2.75, 3.05) is 13.1 Å². The number of piperidine rings is 1. The van der Waals surface area contributed by atoms with Crippen LogP contribution in [0.2, 0.25) is 0 Å². The van der Waals surface area contributed by atoms with Crippen molar-refractivity contribution in [3.05, 3.63) is 108 Å². The Kier molecular flexibility index (Phi) is 9.47. The van der Waals surface area contributed by atoms with Gasteiger partial charge in [0, 0.05) is 13.1 Å². The van der Waals surface area contributed by atoms with Crippen LogP contribution >= 0.6 is 0 Å². The van der Waals surface area contributed by atoms with Crippen LogP contribution in [0.4, 0.5) is 0 Å². The van der Waals surface area contributed by atoms with Crippen LogP contribution in [0, 0.1) is 0 Å². The quantitative estimate of drug-likeness (QED) is 0.354. The van der Waals surface area contributed by atoms with Gasteiger partial charge in [-0.2, -0.15) is 0 Å². The van der Waals surface area contributed by atoms with Crippen LogP contribution in [0.5, 0.6) is 0 Å². The number of ether oxygens (including phenoxy) is 3. The summed E-state index contributed by atoms with van der Waals surface area (Å²) in [6, 6.07) is 30.1. The van der Waals surface area contributed by atoms with Gasteiger partial charge in [0.2, 0.25) is 0 Å². The molecular weight excluding hydrogens is 438 g/mol. The van der Waals surface area contributed by atoms with Crippen molar-refractivity contribution in [1.82, 2.24) is 4.90 Å². The maximum Gasteiger partial charge on any atom is 0.254 e. The fourth-order valence-electron chi connectivity index (χ4n) is 4.29. The molecule has 1 aliphatic heterocycles. The Balaban J connectivity index is 1.55. The van der Waals surface area contributed by atoms with Gasteiger partial charge in [-0.3, -0.25) is 4.79 Å². The van der Waals surface area contributed by atoms with E-state index in [1.807, 2.05) is 95.9 Å². The van der Waals surface area contributed by atoms with Crippen LogP contribution in [-0.4, -0.2) is 42.2 Å². The summed E-state index contributed by atoms with van der Waals surface area (Å²) in [4.78, 5) is 15.4. The van der Waals surface area contributed by atoms with E-state index < -0.39 is 12.2 Å². The number of unbranched alkanes of at least 4 members (excludes halogenated alkanes) is 1. The molecule has 0 bridgehead atoms. The van der Waals surface area contributed by atoms with E-state index in [0.717, 1.165) is 29.5 Å². The molecule has 5 heteroatoms. The Labute approximate surface area is 208 Å². The molecule has 0 N–H and O–H groups in total. The Bertz CT molecular complexity index is 1010. The molecule has 3 atom stereocenters. The van der Waals surface area contributed by atoms with Gasteiger partial charge in [-0.05, 0) is 23.1 Å². The molecule has 5 nitrogen and oxygen atoms in total. The van der Waals surface area contributed by atoms with Crippen molar-refractivity contribution in [1.29, 1.82) is 0 Å². The van der Waals surface area contributed by atoms with Crippen molar-refractivity contribution in [2.45, 2.75) is 57.9 Å². The van der Waals surface area contributed by atoms with Crippen molar-refractivity contribution in [3.63, 3.8) is 0 Å². The first-order valence-corrected chi connectivity index (χ1v) is 12.5. The zero-order valence-electron chi connectivity index (χ0n) is 20.4. The van der Waals surface area contributed by atoms with Gasteiger partial charge in [-0.25, -0.2) is 0 Å². The van der Waals surface area contributed by atoms with Crippen molar-refractivity contribution in [2.24, 2.45) is 0 Å². The lowest BCUT2D eigenvalue weighted by molar-refractivity contribution is -0.196. The lowest BCUT2D eigenvalue weighted by Crippen LogP contribution is -2.61. The minimum atomic E-state index is -0.731. The van der Waals surface area contributed by atoms with Crippen LogP contribution in [0.3, 0.4) is 0 Å². The molecule has 1 fully saturated rings. The van der Waals surface area contributed by atoms with E-state index in [0.29, 0.717) is 32.9 Å². The minimum Gasteiger partial charge on any atom is -0.369 e. The summed E-state index contributed by atoms with van der Waals surface area (Å²) < 4.78 is 19.1. The van der Waals surface area contributed by atoms with Crippen molar-refractivity contribution < 1.29 is 19.0 Å². The fourth-order valence-corrected chi connectivity index (χ4v) is 4.29. The van der Waals surface area contributed by atoms with E-state index in [1.54, 1.807) is 0 Å². The highest BCUT2D eigenvalue weighted by atomic mass is 16.6. The second-order valence-electron chi connectivity index (χ2n) is 8.95. The largest absolute Gasteiger partial charge is 0.369 e. The van der Waals surface area contributed by atoms with Crippen molar-refractivity contribution in [3.8, 4) is 0 Å². The molecule has 35 heavy (non-hydrogen) atoms. The molecule has 184 valence electrons. The van der Waals surface area contributed by atoms with E-state index in [9.17, 15) is 4.79 Å². The monoisotopic (exact) mass is 473 g/mol.